The average Bonchev–Trinajstić information content (AvgIpc) is 2.39. The number of nitrogens with one attached hydrogen (secondary N) is 2. The maximum atomic E-state index is 8.67. The molecule has 0 fully saturated rings. The van der Waals surface area contributed by atoms with Gasteiger partial charge in [-0.05, 0) is 19.9 Å². The van der Waals surface area contributed by atoms with Gasteiger partial charge in [0.15, 0.2) is 0 Å². The molecule has 0 saturated heterocycles. The van der Waals surface area contributed by atoms with Gasteiger partial charge >= 0.3 is 0 Å². The van der Waals surface area contributed by atoms with Gasteiger partial charge in [-0.1, -0.05) is 0 Å². The molecule has 0 spiro atoms. The van der Waals surface area contributed by atoms with Crippen LogP contribution in [0, 0.1) is 11.3 Å². The number of H-pyrrole nitrogens is 1. The molecule has 0 aromatic carbocycles. The number of anilines is 1. The van der Waals surface area contributed by atoms with E-state index in [4.69, 9.17) is 5.26 Å². The Kier molecular flexibility index (Phi) is 1.86. The molecule has 3 nitrogen and oxygen atoms in total. The van der Waals surface area contributed by atoms with Crippen molar-refractivity contribution in [2.45, 2.75) is 19.4 Å². The number of aromatic amines is 1. The van der Waals surface area contributed by atoms with Gasteiger partial charge in [0, 0.05) is 12.4 Å². The summed E-state index contributed by atoms with van der Waals surface area (Å²) in [5.74, 6) is 0. The highest BCUT2D eigenvalue weighted by molar-refractivity contribution is 5.44. The second-order valence-electron chi connectivity index (χ2n) is 2.96. The van der Waals surface area contributed by atoms with Crippen molar-refractivity contribution >= 4 is 5.69 Å². The molecule has 0 radical (unpaired) electrons. The Labute approximate surface area is 66.0 Å². The largest absolute Gasteiger partial charge is 0.367 e. The van der Waals surface area contributed by atoms with E-state index in [0.717, 1.165) is 5.69 Å². The summed E-state index contributed by atoms with van der Waals surface area (Å²) >= 11 is 0. The van der Waals surface area contributed by atoms with E-state index < -0.39 is 5.54 Å². The van der Waals surface area contributed by atoms with Crippen molar-refractivity contribution in [1.29, 1.82) is 5.26 Å². The van der Waals surface area contributed by atoms with Crippen LogP contribution in [-0.2, 0) is 0 Å². The molecule has 1 aromatic heterocycles. The van der Waals surface area contributed by atoms with Crippen molar-refractivity contribution in [3.05, 3.63) is 18.5 Å². The highest BCUT2D eigenvalue weighted by Crippen LogP contribution is 2.12. The van der Waals surface area contributed by atoms with Crippen molar-refractivity contribution in [3.63, 3.8) is 0 Å². The van der Waals surface area contributed by atoms with E-state index in [0.29, 0.717) is 0 Å². The van der Waals surface area contributed by atoms with Gasteiger partial charge < -0.3 is 10.3 Å². The molecule has 58 valence electrons. The predicted molar refractivity (Wildman–Crippen MR) is 44.1 cm³/mol. The van der Waals surface area contributed by atoms with Crippen LogP contribution in [0.3, 0.4) is 0 Å². The maximum Gasteiger partial charge on any atom is 0.119 e. The molecule has 11 heavy (non-hydrogen) atoms. The van der Waals surface area contributed by atoms with Crippen LogP contribution in [-0.4, -0.2) is 10.5 Å². The van der Waals surface area contributed by atoms with E-state index in [9.17, 15) is 0 Å². The first-order valence-electron chi connectivity index (χ1n) is 3.46. The second kappa shape index (κ2) is 2.67. The van der Waals surface area contributed by atoms with E-state index in [1.165, 1.54) is 0 Å². The molecular formula is C8H11N3. The Morgan fingerprint density at radius 3 is 2.82 bits per heavy atom. The summed E-state index contributed by atoms with van der Waals surface area (Å²) in [4.78, 5) is 2.90. The minimum Gasteiger partial charge on any atom is -0.367 e. The van der Waals surface area contributed by atoms with Crippen LogP contribution in [0.15, 0.2) is 18.5 Å². The van der Waals surface area contributed by atoms with Crippen molar-refractivity contribution < 1.29 is 0 Å². The van der Waals surface area contributed by atoms with Crippen LogP contribution in [0.2, 0.25) is 0 Å². The monoisotopic (exact) mass is 149 g/mol. The van der Waals surface area contributed by atoms with E-state index in [1.54, 1.807) is 0 Å². The third kappa shape index (κ3) is 2.01. The fourth-order valence-corrected chi connectivity index (χ4v) is 0.790. The molecule has 0 aliphatic heterocycles. The minimum absolute atomic E-state index is 0.498. The number of rotatable bonds is 2. The summed E-state index contributed by atoms with van der Waals surface area (Å²) in [5.41, 5.74) is 0.443. The normalized spacial score (nSPS) is 10.6. The molecule has 0 aliphatic rings. The van der Waals surface area contributed by atoms with Gasteiger partial charge in [-0.3, -0.25) is 0 Å². The van der Waals surface area contributed by atoms with Gasteiger partial charge in [-0.2, -0.15) is 5.26 Å². The summed E-state index contributed by atoms with van der Waals surface area (Å²) in [5, 5.41) is 11.7. The highest BCUT2D eigenvalue weighted by Gasteiger charge is 2.15. The van der Waals surface area contributed by atoms with Crippen LogP contribution in [0.4, 0.5) is 5.69 Å². The summed E-state index contributed by atoms with van der Waals surface area (Å²) in [7, 11) is 0. The Morgan fingerprint density at radius 2 is 2.36 bits per heavy atom. The Balaban J connectivity index is 2.65. The standard InChI is InChI=1S/C8H11N3/c1-8(2,6-9)11-7-3-4-10-5-7/h3-5,10-11H,1-2H3. The third-order valence-corrected chi connectivity index (χ3v) is 1.33. The lowest BCUT2D eigenvalue weighted by Crippen LogP contribution is -2.27. The van der Waals surface area contributed by atoms with Gasteiger partial charge in [-0.15, -0.1) is 0 Å². The summed E-state index contributed by atoms with van der Waals surface area (Å²) in [6.07, 6.45) is 3.63. The predicted octanol–water partition coefficient (Wildman–Crippen LogP) is 1.73. The Hall–Kier alpha value is -1.43. The number of nitriles is 1. The number of hydrogen-bond donors (Lipinski definition) is 2. The number of aromatic nitrogens is 1. The fraction of sp³-hybridized carbons (Fsp3) is 0.375. The van der Waals surface area contributed by atoms with Crippen LogP contribution >= 0.6 is 0 Å². The maximum absolute atomic E-state index is 8.67. The molecule has 0 bridgehead atoms. The summed E-state index contributed by atoms with van der Waals surface area (Å²) in [6.45, 7) is 3.67. The molecule has 0 aliphatic carbocycles. The third-order valence-electron chi connectivity index (χ3n) is 1.33. The first kappa shape index (κ1) is 7.67. The molecule has 1 aromatic rings. The average molecular weight is 149 g/mol. The van der Waals surface area contributed by atoms with Crippen molar-refractivity contribution in [1.82, 2.24) is 4.98 Å². The van der Waals surface area contributed by atoms with E-state index in [2.05, 4.69) is 16.4 Å². The number of nitrogens with zero attached hydrogens (tertiary/aromatic N) is 1. The second-order valence-corrected chi connectivity index (χ2v) is 2.96. The molecule has 0 saturated carbocycles. The number of hydrogen-bond acceptors (Lipinski definition) is 2. The van der Waals surface area contributed by atoms with E-state index in [1.807, 2.05) is 32.3 Å². The Bertz CT molecular complexity index is 253. The van der Waals surface area contributed by atoms with Gasteiger partial charge in [0.2, 0.25) is 0 Å². The lowest BCUT2D eigenvalue weighted by Gasteiger charge is -2.17. The van der Waals surface area contributed by atoms with Crippen LogP contribution in [0.1, 0.15) is 13.8 Å². The van der Waals surface area contributed by atoms with Crippen LogP contribution in [0.5, 0.6) is 0 Å². The Morgan fingerprint density at radius 1 is 1.64 bits per heavy atom. The van der Waals surface area contributed by atoms with E-state index in [-0.39, 0.29) is 0 Å². The minimum atomic E-state index is -0.498. The first-order valence-corrected chi connectivity index (χ1v) is 3.46. The molecular weight excluding hydrogens is 138 g/mol. The zero-order valence-electron chi connectivity index (χ0n) is 6.68. The van der Waals surface area contributed by atoms with Crippen LogP contribution < -0.4 is 5.32 Å². The summed E-state index contributed by atoms with van der Waals surface area (Å²) < 4.78 is 0. The topological polar surface area (TPSA) is 51.6 Å². The van der Waals surface area contributed by atoms with Crippen molar-refractivity contribution in [2.24, 2.45) is 0 Å². The van der Waals surface area contributed by atoms with Crippen molar-refractivity contribution in [3.8, 4) is 6.07 Å². The smallest absolute Gasteiger partial charge is 0.119 e. The zero-order chi connectivity index (χ0) is 8.32. The highest BCUT2D eigenvalue weighted by atomic mass is 15.0. The molecule has 2 N–H and O–H groups in total. The molecule has 0 unspecified atom stereocenters. The lowest BCUT2D eigenvalue weighted by molar-refractivity contribution is 0.729. The molecule has 0 atom stereocenters. The fourth-order valence-electron chi connectivity index (χ4n) is 0.790. The SMILES string of the molecule is CC(C)(C#N)Nc1cc[nH]c1. The quantitative estimate of drug-likeness (QED) is 0.672. The first-order chi connectivity index (χ1) is 5.14. The van der Waals surface area contributed by atoms with Crippen LogP contribution in [0.25, 0.3) is 0 Å². The molecule has 0 amide bonds. The zero-order valence-corrected chi connectivity index (χ0v) is 6.68. The van der Waals surface area contributed by atoms with Gasteiger partial charge in [-0.25, -0.2) is 0 Å². The molecule has 1 rings (SSSR count). The van der Waals surface area contributed by atoms with Gasteiger partial charge in [0.25, 0.3) is 0 Å². The summed E-state index contributed by atoms with van der Waals surface area (Å²) in [6, 6.07) is 4.04. The molecule has 1 heterocycles. The van der Waals surface area contributed by atoms with Crippen molar-refractivity contribution in [2.75, 3.05) is 5.32 Å². The van der Waals surface area contributed by atoms with Gasteiger partial charge in [0.1, 0.15) is 5.54 Å². The van der Waals surface area contributed by atoms with E-state index >= 15 is 0 Å². The van der Waals surface area contributed by atoms with Gasteiger partial charge in [0.05, 0.1) is 11.8 Å². The lowest BCUT2D eigenvalue weighted by atomic mass is 10.1. The molecule has 3 heteroatoms.